The van der Waals surface area contributed by atoms with Gasteiger partial charge in [-0.15, -0.1) is 0 Å². The van der Waals surface area contributed by atoms with Crippen LogP contribution in [0.3, 0.4) is 0 Å². The normalized spacial score (nSPS) is 15.4. The molecule has 0 spiro atoms. The first kappa shape index (κ1) is 24.5. The lowest BCUT2D eigenvalue weighted by atomic mass is 9.55. The number of aryl methyl sites for hydroxylation is 1. The van der Waals surface area contributed by atoms with Crippen LogP contribution in [0.4, 0.5) is 11.4 Å². The van der Waals surface area contributed by atoms with Crippen LogP contribution in [0.15, 0.2) is 121 Å². The third kappa shape index (κ3) is 3.49. The van der Waals surface area contributed by atoms with Crippen LogP contribution in [0, 0.1) is 6.92 Å². The summed E-state index contributed by atoms with van der Waals surface area (Å²) in [6.45, 7) is 2.23. The molecule has 0 amide bonds. The first-order valence-corrected chi connectivity index (χ1v) is 14.2. The minimum absolute atomic E-state index is 0.0880. The van der Waals surface area contributed by atoms with E-state index in [-0.39, 0.29) is 11.8 Å². The Hall–Kier alpha value is -4.56. The van der Waals surface area contributed by atoms with Crippen molar-refractivity contribution in [3.63, 3.8) is 0 Å². The maximum atomic E-state index is 3.42. The lowest BCUT2D eigenvalue weighted by Gasteiger charge is -2.46. The second-order valence-corrected chi connectivity index (χ2v) is 11.1. The Balaban J connectivity index is 1.64. The van der Waals surface area contributed by atoms with E-state index < -0.39 is 5.41 Å². The number of fused-ring (bicyclic) bond motifs is 4. The van der Waals surface area contributed by atoms with E-state index in [1.54, 1.807) is 0 Å². The standard InChI is InChI=1S/C38H34N2/c1-25-11-10-16-33-30(25)21-22-36(33)38(26-12-6-4-7-13-26,27-14-8-5-9-15-27)37-34-23-28(39-2)17-19-31(34)32-20-18-29(40-3)24-35(32)37/h4-24,36-37,39-40H,1-3H3. The van der Waals surface area contributed by atoms with Gasteiger partial charge in [0.15, 0.2) is 0 Å². The fourth-order valence-electron chi connectivity index (χ4n) is 7.42. The highest BCUT2D eigenvalue weighted by atomic mass is 14.8. The zero-order chi connectivity index (χ0) is 27.3. The third-order valence-electron chi connectivity index (χ3n) is 9.19. The van der Waals surface area contributed by atoms with Crippen molar-refractivity contribution in [2.24, 2.45) is 0 Å². The lowest BCUT2D eigenvalue weighted by molar-refractivity contribution is 0.417. The second-order valence-electron chi connectivity index (χ2n) is 11.1. The topological polar surface area (TPSA) is 24.1 Å². The van der Waals surface area contributed by atoms with Crippen LogP contribution in [0.25, 0.3) is 17.2 Å². The molecule has 0 saturated heterocycles. The number of nitrogens with one attached hydrogen (secondary N) is 2. The second kappa shape index (κ2) is 9.57. The summed E-state index contributed by atoms with van der Waals surface area (Å²) < 4.78 is 0. The third-order valence-corrected chi connectivity index (χ3v) is 9.19. The van der Waals surface area contributed by atoms with Crippen molar-refractivity contribution in [3.8, 4) is 11.1 Å². The van der Waals surface area contributed by atoms with Gasteiger partial charge in [-0.2, -0.15) is 0 Å². The first-order valence-electron chi connectivity index (χ1n) is 14.2. The van der Waals surface area contributed by atoms with Gasteiger partial charge >= 0.3 is 0 Å². The molecule has 0 bridgehead atoms. The van der Waals surface area contributed by atoms with E-state index in [4.69, 9.17) is 0 Å². The van der Waals surface area contributed by atoms with Crippen LogP contribution in [0.2, 0.25) is 0 Å². The number of anilines is 2. The Morgan fingerprint density at radius 1 is 0.575 bits per heavy atom. The first-order chi connectivity index (χ1) is 19.7. The Labute approximate surface area is 237 Å². The molecule has 7 rings (SSSR count). The van der Waals surface area contributed by atoms with E-state index in [2.05, 4.69) is 145 Å². The molecular weight excluding hydrogens is 484 g/mol. The molecule has 2 aliphatic carbocycles. The van der Waals surface area contributed by atoms with E-state index in [1.165, 1.54) is 50.1 Å². The minimum Gasteiger partial charge on any atom is -0.388 e. The maximum Gasteiger partial charge on any atom is 0.0415 e. The monoisotopic (exact) mass is 518 g/mol. The number of hydrogen-bond donors (Lipinski definition) is 2. The Morgan fingerprint density at radius 3 is 1.65 bits per heavy atom. The summed E-state index contributed by atoms with van der Waals surface area (Å²) in [6.07, 6.45) is 4.83. The van der Waals surface area contributed by atoms with Crippen molar-refractivity contribution in [1.82, 2.24) is 0 Å². The van der Waals surface area contributed by atoms with Crippen molar-refractivity contribution in [3.05, 3.63) is 160 Å². The molecule has 196 valence electrons. The van der Waals surface area contributed by atoms with E-state index in [9.17, 15) is 0 Å². The highest BCUT2D eigenvalue weighted by Crippen LogP contribution is 2.63. The summed E-state index contributed by atoms with van der Waals surface area (Å²) in [5.41, 5.74) is 14.0. The average Bonchev–Trinajstić information content (AvgIpc) is 3.59. The van der Waals surface area contributed by atoms with Crippen molar-refractivity contribution in [1.29, 1.82) is 0 Å². The zero-order valence-corrected chi connectivity index (χ0v) is 23.3. The molecule has 1 unspecified atom stereocenters. The van der Waals surface area contributed by atoms with E-state index in [0.717, 1.165) is 11.4 Å². The predicted molar refractivity (Wildman–Crippen MR) is 169 cm³/mol. The fraction of sp³-hybridized carbons (Fsp3) is 0.158. The largest absolute Gasteiger partial charge is 0.388 e. The summed E-state index contributed by atoms with van der Waals surface area (Å²) >= 11 is 0. The SMILES string of the molecule is CNc1ccc2c(c1)C(C(c1ccccc1)(c1ccccc1)C1C=Cc3c(C)cccc31)c1cc(NC)ccc1-2. The molecule has 2 nitrogen and oxygen atoms in total. The molecule has 0 heterocycles. The predicted octanol–water partition coefficient (Wildman–Crippen LogP) is 8.99. The summed E-state index contributed by atoms with van der Waals surface area (Å²) in [5, 5.41) is 6.85. The van der Waals surface area contributed by atoms with Crippen LogP contribution < -0.4 is 10.6 Å². The quantitative estimate of drug-likeness (QED) is 0.234. The van der Waals surface area contributed by atoms with Gasteiger partial charge in [-0.05, 0) is 81.3 Å². The lowest BCUT2D eigenvalue weighted by Crippen LogP contribution is -2.40. The number of hydrogen-bond acceptors (Lipinski definition) is 2. The molecule has 5 aromatic carbocycles. The van der Waals surface area contributed by atoms with Crippen molar-refractivity contribution in [2.75, 3.05) is 24.7 Å². The Kier molecular flexibility index (Phi) is 5.86. The van der Waals surface area contributed by atoms with Crippen molar-refractivity contribution < 1.29 is 0 Å². The highest BCUT2D eigenvalue weighted by Gasteiger charge is 2.53. The fourth-order valence-corrected chi connectivity index (χ4v) is 7.42. The van der Waals surface area contributed by atoms with Gasteiger partial charge in [0.05, 0.1) is 0 Å². The molecular formula is C38H34N2. The molecule has 1 atom stereocenters. The van der Waals surface area contributed by atoms with Gasteiger partial charge in [-0.3, -0.25) is 0 Å². The molecule has 2 heteroatoms. The van der Waals surface area contributed by atoms with Crippen LogP contribution >= 0.6 is 0 Å². The van der Waals surface area contributed by atoms with Crippen molar-refractivity contribution in [2.45, 2.75) is 24.2 Å². The van der Waals surface area contributed by atoms with Crippen LogP contribution in [-0.4, -0.2) is 14.1 Å². The Morgan fingerprint density at radius 2 is 1.12 bits per heavy atom. The zero-order valence-electron chi connectivity index (χ0n) is 23.3. The van der Waals surface area contributed by atoms with E-state index in [0.29, 0.717) is 0 Å². The van der Waals surface area contributed by atoms with Gasteiger partial charge in [0.1, 0.15) is 0 Å². The Bertz CT molecular complexity index is 1640. The van der Waals surface area contributed by atoms with Crippen LogP contribution in [0.5, 0.6) is 0 Å². The molecule has 0 fully saturated rings. The summed E-state index contributed by atoms with van der Waals surface area (Å²) in [4.78, 5) is 0. The summed E-state index contributed by atoms with van der Waals surface area (Å²) in [7, 11) is 4.02. The molecule has 0 aliphatic heterocycles. The number of allylic oxidation sites excluding steroid dienone is 1. The molecule has 0 saturated carbocycles. The molecule has 5 aromatic rings. The van der Waals surface area contributed by atoms with E-state index >= 15 is 0 Å². The molecule has 2 aliphatic rings. The molecule has 2 N–H and O–H groups in total. The van der Waals surface area contributed by atoms with Gasteiger partial charge in [0.2, 0.25) is 0 Å². The van der Waals surface area contributed by atoms with E-state index in [1.807, 2.05) is 14.1 Å². The number of rotatable bonds is 6. The smallest absolute Gasteiger partial charge is 0.0415 e. The minimum atomic E-state index is -0.392. The summed E-state index contributed by atoms with van der Waals surface area (Å²) in [5.74, 6) is 0.234. The van der Waals surface area contributed by atoms with Gasteiger partial charge in [0, 0.05) is 42.7 Å². The van der Waals surface area contributed by atoms with Crippen LogP contribution in [-0.2, 0) is 5.41 Å². The highest BCUT2D eigenvalue weighted by molar-refractivity contribution is 5.85. The van der Waals surface area contributed by atoms with Crippen LogP contribution in [0.1, 0.15) is 50.8 Å². The molecule has 0 aromatic heterocycles. The van der Waals surface area contributed by atoms with Gasteiger partial charge in [0.25, 0.3) is 0 Å². The summed E-state index contributed by atoms with van der Waals surface area (Å²) in [6, 6.07) is 43.1. The van der Waals surface area contributed by atoms with Gasteiger partial charge in [-0.1, -0.05) is 103 Å². The van der Waals surface area contributed by atoms with Gasteiger partial charge in [-0.25, -0.2) is 0 Å². The average molecular weight is 519 g/mol. The maximum absolute atomic E-state index is 3.42. The molecule has 40 heavy (non-hydrogen) atoms. The van der Waals surface area contributed by atoms with Crippen molar-refractivity contribution >= 4 is 17.5 Å². The molecule has 0 radical (unpaired) electrons. The number of benzene rings is 5. The van der Waals surface area contributed by atoms with Gasteiger partial charge < -0.3 is 10.6 Å².